The molecule has 2 aromatic carbocycles. The average molecular weight is 362 g/mol. The molecule has 1 aromatic heterocycles. The van der Waals surface area contributed by atoms with E-state index in [1.165, 1.54) is 0 Å². The maximum atomic E-state index is 12.5. The molecule has 0 fully saturated rings. The lowest BCUT2D eigenvalue weighted by atomic mass is 10.2. The quantitative estimate of drug-likeness (QED) is 0.698. The van der Waals surface area contributed by atoms with E-state index in [1.54, 1.807) is 20.1 Å². The second kappa shape index (κ2) is 8.31. The molecule has 0 saturated carbocycles. The van der Waals surface area contributed by atoms with Crippen molar-refractivity contribution in [2.24, 2.45) is 0 Å². The predicted molar refractivity (Wildman–Crippen MR) is 105 cm³/mol. The zero-order valence-corrected chi connectivity index (χ0v) is 15.6. The number of anilines is 2. The van der Waals surface area contributed by atoms with Gasteiger partial charge in [-0.1, -0.05) is 24.3 Å². The molecule has 1 heterocycles. The number of rotatable bonds is 6. The molecule has 2 N–H and O–H groups in total. The molecule has 0 atom stereocenters. The molecule has 1 amide bonds. The second-order valence-corrected chi connectivity index (χ2v) is 6.21. The number of aromatic nitrogens is 2. The van der Waals surface area contributed by atoms with Crippen LogP contribution in [0.2, 0.25) is 0 Å². The Morgan fingerprint density at radius 2 is 1.81 bits per heavy atom. The van der Waals surface area contributed by atoms with E-state index in [0.717, 1.165) is 22.6 Å². The number of benzene rings is 2. The summed E-state index contributed by atoms with van der Waals surface area (Å²) in [6, 6.07) is 17.2. The van der Waals surface area contributed by atoms with Gasteiger partial charge in [-0.15, -0.1) is 0 Å². The Morgan fingerprint density at radius 3 is 2.52 bits per heavy atom. The van der Waals surface area contributed by atoms with Gasteiger partial charge >= 0.3 is 0 Å². The van der Waals surface area contributed by atoms with E-state index in [4.69, 9.17) is 4.74 Å². The standard InChI is InChI=1S/C21H22N4O2/c1-14-5-4-6-17(11-14)25-20-12-19(23-15(2)24-20)21(26)22-13-16-7-9-18(27-3)10-8-16/h4-12H,13H2,1-3H3,(H,22,26)(H,23,24,25). The Bertz CT molecular complexity index is 939. The summed E-state index contributed by atoms with van der Waals surface area (Å²) in [4.78, 5) is 21.1. The van der Waals surface area contributed by atoms with E-state index in [2.05, 4.69) is 20.6 Å². The maximum absolute atomic E-state index is 12.5. The van der Waals surface area contributed by atoms with E-state index in [0.29, 0.717) is 23.9 Å². The fourth-order valence-corrected chi connectivity index (χ4v) is 2.64. The fraction of sp³-hybridized carbons (Fsp3) is 0.190. The van der Waals surface area contributed by atoms with Crippen LogP contribution in [0.4, 0.5) is 11.5 Å². The highest BCUT2D eigenvalue weighted by molar-refractivity contribution is 5.93. The summed E-state index contributed by atoms with van der Waals surface area (Å²) in [5.41, 5.74) is 3.36. The van der Waals surface area contributed by atoms with E-state index in [-0.39, 0.29) is 5.91 Å². The minimum Gasteiger partial charge on any atom is -0.497 e. The molecular weight excluding hydrogens is 340 g/mol. The van der Waals surface area contributed by atoms with Gasteiger partial charge in [-0.25, -0.2) is 9.97 Å². The smallest absolute Gasteiger partial charge is 0.270 e. The average Bonchev–Trinajstić information content (AvgIpc) is 2.66. The molecule has 27 heavy (non-hydrogen) atoms. The first-order valence-corrected chi connectivity index (χ1v) is 8.64. The van der Waals surface area contributed by atoms with Crippen LogP contribution in [-0.2, 0) is 6.54 Å². The van der Waals surface area contributed by atoms with Gasteiger partial charge in [-0.3, -0.25) is 4.79 Å². The van der Waals surface area contributed by atoms with Crippen molar-refractivity contribution in [1.82, 2.24) is 15.3 Å². The minimum atomic E-state index is -0.247. The third-order valence-corrected chi connectivity index (χ3v) is 3.97. The molecule has 0 spiro atoms. The van der Waals surface area contributed by atoms with Gasteiger partial charge in [0.15, 0.2) is 0 Å². The number of hydrogen-bond acceptors (Lipinski definition) is 5. The van der Waals surface area contributed by atoms with Crippen molar-refractivity contribution in [2.75, 3.05) is 12.4 Å². The Balaban J connectivity index is 1.69. The van der Waals surface area contributed by atoms with Crippen molar-refractivity contribution in [1.29, 1.82) is 0 Å². The van der Waals surface area contributed by atoms with Gasteiger partial charge in [0.2, 0.25) is 0 Å². The van der Waals surface area contributed by atoms with Crippen LogP contribution in [0.25, 0.3) is 0 Å². The van der Waals surface area contributed by atoms with Crippen LogP contribution < -0.4 is 15.4 Å². The first kappa shape index (κ1) is 18.4. The van der Waals surface area contributed by atoms with Crippen molar-refractivity contribution in [2.45, 2.75) is 20.4 Å². The van der Waals surface area contributed by atoms with Crippen molar-refractivity contribution in [3.63, 3.8) is 0 Å². The van der Waals surface area contributed by atoms with Gasteiger partial charge in [-0.2, -0.15) is 0 Å². The highest BCUT2D eigenvalue weighted by atomic mass is 16.5. The number of aryl methyl sites for hydroxylation is 2. The van der Waals surface area contributed by atoms with E-state index < -0.39 is 0 Å². The predicted octanol–water partition coefficient (Wildman–Crippen LogP) is 3.78. The number of hydrogen-bond donors (Lipinski definition) is 2. The number of methoxy groups -OCH3 is 1. The molecule has 0 aliphatic heterocycles. The van der Waals surface area contributed by atoms with Crippen LogP contribution >= 0.6 is 0 Å². The summed E-state index contributed by atoms with van der Waals surface area (Å²) < 4.78 is 5.14. The topological polar surface area (TPSA) is 76.1 Å². The van der Waals surface area contributed by atoms with Gasteiger partial charge in [0.05, 0.1) is 7.11 Å². The molecule has 3 rings (SSSR count). The van der Waals surface area contributed by atoms with Crippen LogP contribution in [-0.4, -0.2) is 23.0 Å². The summed E-state index contributed by atoms with van der Waals surface area (Å²) in [6.45, 7) is 4.20. The number of carbonyl (C=O) groups is 1. The molecule has 0 bridgehead atoms. The lowest BCUT2D eigenvalue weighted by Gasteiger charge is -2.10. The molecule has 6 nitrogen and oxygen atoms in total. The molecule has 6 heteroatoms. The molecule has 3 aromatic rings. The third kappa shape index (κ3) is 5.04. The van der Waals surface area contributed by atoms with Crippen LogP contribution in [0.3, 0.4) is 0 Å². The monoisotopic (exact) mass is 362 g/mol. The molecule has 0 aliphatic carbocycles. The number of amides is 1. The minimum absolute atomic E-state index is 0.247. The van der Waals surface area contributed by atoms with Gasteiger partial charge in [-0.05, 0) is 49.2 Å². The zero-order valence-electron chi connectivity index (χ0n) is 15.6. The lowest BCUT2D eigenvalue weighted by molar-refractivity contribution is 0.0945. The van der Waals surface area contributed by atoms with Gasteiger partial charge in [0.25, 0.3) is 5.91 Å². The SMILES string of the molecule is COc1ccc(CNC(=O)c2cc(Nc3cccc(C)c3)nc(C)n2)cc1. The number of nitrogens with zero attached hydrogens (tertiary/aromatic N) is 2. The summed E-state index contributed by atoms with van der Waals surface area (Å²) >= 11 is 0. The van der Waals surface area contributed by atoms with E-state index in [9.17, 15) is 4.79 Å². The summed E-state index contributed by atoms with van der Waals surface area (Å²) in [6.07, 6.45) is 0. The van der Waals surface area contributed by atoms with Crippen molar-refractivity contribution in [3.8, 4) is 5.75 Å². The fourth-order valence-electron chi connectivity index (χ4n) is 2.64. The van der Waals surface area contributed by atoms with Crippen LogP contribution in [0, 0.1) is 13.8 Å². The van der Waals surface area contributed by atoms with Gasteiger partial charge < -0.3 is 15.4 Å². The Hall–Kier alpha value is -3.41. The molecule has 0 unspecified atom stereocenters. The van der Waals surface area contributed by atoms with E-state index in [1.807, 2.05) is 55.5 Å². The highest BCUT2D eigenvalue weighted by Crippen LogP contribution is 2.17. The third-order valence-electron chi connectivity index (χ3n) is 3.97. The first-order valence-electron chi connectivity index (χ1n) is 8.64. The summed E-state index contributed by atoms with van der Waals surface area (Å²) in [7, 11) is 1.62. The highest BCUT2D eigenvalue weighted by Gasteiger charge is 2.11. The summed E-state index contributed by atoms with van der Waals surface area (Å²) in [5, 5.41) is 6.10. The van der Waals surface area contributed by atoms with Crippen molar-refractivity contribution >= 4 is 17.4 Å². The number of nitrogens with one attached hydrogen (secondary N) is 2. The normalized spacial score (nSPS) is 10.3. The number of carbonyl (C=O) groups excluding carboxylic acids is 1. The zero-order chi connectivity index (χ0) is 19.2. The van der Waals surface area contributed by atoms with Crippen molar-refractivity contribution in [3.05, 3.63) is 77.2 Å². The second-order valence-electron chi connectivity index (χ2n) is 6.21. The van der Waals surface area contributed by atoms with Gasteiger partial charge in [0.1, 0.15) is 23.1 Å². The number of ether oxygens (including phenoxy) is 1. The Morgan fingerprint density at radius 1 is 1.04 bits per heavy atom. The first-order chi connectivity index (χ1) is 13.0. The maximum Gasteiger partial charge on any atom is 0.270 e. The Kier molecular flexibility index (Phi) is 5.66. The van der Waals surface area contributed by atoms with E-state index >= 15 is 0 Å². The molecule has 0 saturated heterocycles. The van der Waals surface area contributed by atoms with Gasteiger partial charge in [0, 0.05) is 18.3 Å². The molecule has 0 radical (unpaired) electrons. The van der Waals surface area contributed by atoms with Crippen LogP contribution in [0.5, 0.6) is 5.75 Å². The van der Waals surface area contributed by atoms with Crippen LogP contribution in [0.15, 0.2) is 54.6 Å². The molecule has 138 valence electrons. The molecular formula is C21H22N4O2. The van der Waals surface area contributed by atoms with Crippen molar-refractivity contribution < 1.29 is 9.53 Å². The lowest BCUT2D eigenvalue weighted by Crippen LogP contribution is -2.24. The Labute approximate surface area is 158 Å². The van der Waals surface area contributed by atoms with Crippen LogP contribution in [0.1, 0.15) is 27.4 Å². The summed E-state index contributed by atoms with van der Waals surface area (Å²) in [5.74, 6) is 1.65. The largest absolute Gasteiger partial charge is 0.497 e. The molecule has 0 aliphatic rings.